The second-order valence-electron chi connectivity index (χ2n) is 4.27. The number of benzene rings is 1. The molecular formula is C13H16ClNO3. The predicted molar refractivity (Wildman–Crippen MR) is 70.2 cm³/mol. The maximum Gasteiger partial charge on any atom is 0.298 e. The highest BCUT2D eigenvalue weighted by atomic mass is 35.5. The Kier molecular flexibility index (Phi) is 4.84. The van der Waals surface area contributed by atoms with E-state index in [1.54, 1.807) is 6.07 Å². The third-order valence-electron chi connectivity index (χ3n) is 3.06. The second-order valence-corrected chi connectivity index (χ2v) is 4.67. The zero-order chi connectivity index (χ0) is 12.8. The molecule has 0 saturated carbocycles. The maximum absolute atomic E-state index is 10.5. The molecule has 1 N–H and O–H groups in total. The lowest BCUT2D eigenvalue weighted by Gasteiger charge is -2.23. The van der Waals surface area contributed by atoms with Crippen molar-refractivity contribution >= 4 is 23.8 Å². The number of hydrogen-bond donors (Lipinski definition) is 1. The van der Waals surface area contributed by atoms with E-state index in [9.17, 15) is 4.79 Å². The Bertz CT molecular complexity index is 405. The summed E-state index contributed by atoms with van der Waals surface area (Å²) in [6.45, 7) is 2.86. The van der Waals surface area contributed by atoms with Gasteiger partial charge in [0.1, 0.15) is 0 Å². The van der Waals surface area contributed by atoms with Crippen LogP contribution in [0.1, 0.15) is 12.8 Å². The Morgan fingerprint density at radius 1 is 1.44 bits per heavy atom. The molecule has 0 unspecified atom stereocenters. The highest BCUT2D eigenvalue weighted by Gasteiger charge is 2.15. The van der Waals surface area contributed by atoms with Crippen molar-refractivity contribution in [1.82, 2.24) is 0 Å². The fourth-order valence-corrected chi connectivity index (χ4v) is 2.24. The smallest absolute Gasteiger partial charge is 0.298 e. The van der Waals surface area contributed by atoms with E-state index in [-0.39, 0.29) is 0 Å². The molecule has 4 nitrogen and oxygen atoms in total. The standard InChI is InChI=1S/C13H16ClNO3/c14-11-2-1-3-12(13(11)18-9-16)15-8-10-4-6-17-7-5-10/h1-3,9-10,15H,4-8H2. The summed E-state index contributed by atoms with van der Waals surface area (Å²) in [6, 6.07) is 5.37. The number of hydrogen-bond acceptors (Lipinski definition) is 4. The van der Waals surface area contributed by atoms with Gasteiger partial charge in [0.05, 0.1) is 10.7 Å². The van der Waals surface area contributed by atoms with Crippen LogP contribution >= 0.6 is 11.6 Å². The molecule has 0 bridgehead atoms. The van der Waals surface area contributed by atoms with Crippen LogP contribution in [0.2, 0.25) is 5.02 Å². The number of nitrogens with one attached hydrogen (secondary N) is 1. The number of rotatable bonds is 5. The predicted octanol–water partition coefficient (Wildman–Crippen LogP) is 2.71. The molecule has 0 aromatic heterocycles. The van der Waals surface area contributed by atoms with Crippen molar-refractivity contribution in [3.05, 3.63) is 23.2 Å². The lowest BCUT2D eigenvalue weighted by Crippen LogP contribution is -2.22. The van der Waals surface area contributed by atoms with Crippen LogP contribution in [0.3, 0.4) is 0 Å². The summed E-state index contributed by atoms with van der Waals surface area (Å²) in [5.74, 6) is 0.975. The van der Waals surface area contributed by atoms with E-state index in [0.29, 0.717) is 23.2 Å². The van der Waals surface area contributed by atoms with E-state index in [1.807, 2.05) is 12.1 Å². The summed E-state index contributed by atoms with van der Waals surface area (Å²) >= 11 is 5.99. The monoisotopic (exact) mass is 269 g/mol. The summed E-state index contributed by atoms with van der Waals surface area (Å²) in [6.07, 6.45) is 2.11. The molecule has 1 saturated heterocycles. The minimum Gasteiger partial charge on any atom is -0.425 e. The summed E-state index contributed by atoms with van der Waals surface area (Å²) in [5, 5.41) is 3.71. The fraction of sp³-hybridized carbons (Fsp3) is 0.462. The first-order valence-electron chi connectivity index (χ1n) is 6.01. The number of halogens is 1. The highest BCUT2D eigenvalue weighted by Crippen LogP contribution is 2.32. The van der Waals surface area contributed by atoms with Gasteiger partial charge in [-0.05, 0) is 30.9 Å². The van der Waals surface area contributed by atoms with Crippen molar-refractivity contribution in [2.24, 2.45) is 5.92 Å². The molecule has 1 aromatic rings. The van der Waals surface area contributed by atoms with Crippen LogP contribution in [-0.4, -0.2) is 26.2 Å². The zero-order valence-electron chi connectivity index (χ0n) is 10.0. The summed E-state index contributed by atoms with van der Waals surface area (Å²) in [7, 11) is 0. The first-order chi connectivity index (χ1) is 8.81. The largest absolute Gasteiger partial charge is 0.425 e. The molecule has 1 aliphatic rings. The Labute approximate surface area is 111 Å². The molecule has 1 aromatic carbocycles. The van der Waals surface area contributed by atoms with Gasteiger partial charge in [-0.25, -0.2) is 0 Å². The van der Waals surface area contributed by atoms with Crippen molar-refractivity contribution in [3.63, 3.8) is 0 Å². The number of carbonyl (C=O) groups is 1. The third kappa shape index (κ3) is 3.37. The van der Waals surface area contributed by atoms with E-state index >= 15 is 0 Å². The van der Waals surface area contributed by atoms with Crippen LogP contribution in [-0.2, 0) is 9.53 Å². The van der Waals surface area contributed by atoms with Gasteiger partial charge in [-0.2, -0.15) is 0 Å². The Hall–Kier alpha value is -1.26. The van der Waals surface area contributed by atoms with Gasteiger partial charge in [0, 0.05) is 19.8 Å². The van der Waals surface area contributed by atoms with Crippen molar-refractivity contribution in [3.8, 4) is 5.75 Å². The van der Waals surface area contributed by atoms with Crippen LogP contribution in [0.15, 0.2) is 18.2 Å². The molecule has 1 heterocycles. The van der Waals surface area contributed by atoms with Crippen molar-refractivity contribution in [2.45, 2.75) is 12.8 Å². The van der Waals surface area contributed by atoms with E-state index in [4.69, 9.17) is 21.1 Å². The quantitative estimate of drug-likeness (QED) is 0.835. The topological polar surface area (TPSA) is 47.6 Å². The summed E-state index contributed by atoms with van der Waals surface area (Å²) < 4.78 is 10.2. The minimum atomic E-state index is 0.390. The lowest BCUT2D eigenvalue weighted by atomic mass is 10.0. The van der Waals surface area contributed by atoms with E-state index in [1.165, 1.54) is 0 Å². The molecule has 0 spiro atoms. The van der Waals surface area contributed by atoms with Crippen LogP contribution in [0.25, 0.3) is 0 Å². The van der Waals surface area contributed by atoms with Gasteiger partial charge in [-0.1, -0.05) is 17.7 Å². The van der Waals surface area contributed by atoms with Gasteiger partial charge in [-0.15, -0.1) is 0 Å². The number of carbonyl (C=O) groups excluding carboxylic acids is 1. The molecule has 18 heavy (non-hydrogen) atoms. The molecule has 0 aliphatic carbocycles. The summed E-state index contributed by atoms with van der Waals surface area (Å²) in [5.41, 5.74) is 0.751. The molecule has 1 aliphatic heterocycles. The number of para-hydroxylation sites is 1. The van der Waals surface area contributed by atoms with Gasteiger partial charge < -0.3 is 14.8 Å². The maximum atomic E-state index is 10.5. The van der Waals surface area contributed by atoms with Crippen LogP contribution in [0, 0.1) is 5.92 Å². The highest BCUT2D eigenvalue weighted by molar-refractivity contribution is 6.32. The first kappa shape index (κ1) is 13.2. The SMILES string of the molecule is O=COc1c(Cl)cccc1NCC1CCOCC1. The molecule has 0 atom stereocenters. The minimum absolute atomic E-state index is 0.390. The zero-order valence-corrected chi connectivity index (χ0v) is 10.8. The van der Waals surface area contributed by atoms with Gasteiger partial charge in [0.15, 0.2) is 5.75 Å². The van der Waals surface area contributed by atoms with Crippen molar-refractivity contribution < 1.29 is 14.3 Å². The molecule has 5 heteroatoms. The van der Waals surface area contributed by atoms with Gasteiger partial charge in [0.2, 0.25) is 0 Å². The van der Waals surface area contributed by atoms with E-state index < -0.39 is 0 Å². The fourth-order valence-electron chi connectivity index (χ4n) is 2.02. The van der Waals surface area contributed by atoms with Crippen LogP contribution in [0.4, 0.5) is 5.69 Å². The first-order valence-corrected chi connectivity index (χ1v) is 6.39. The molecule has 98 valence electrons. The van der Waals surface area contributed by atoms with Gasteiger partial charge >= 0.3 is 0 Å². The van der Waals surface area contributed by atoms with Gasteiger partial charge in [-0.3, -0.25) is 4.79 Å². The van der Waals surface area contributed by atoms with E-state index in [0.717, 1.165) is 38.3 Å². The van der Waals surface area contributed by atoms with Gasteiger partial charge in [0.25, 0.3) is 6.47 Å². The molecule has 2 rings (SSSR count). The lowest BCUT2D eigenvalue weighted by molar-refractivity contribution is -0.120. The van der Waals surface area contributed by atoms with Crippen molar-refractivity contribution in [2.75, 3.05) is 25.1 Å². The van der Waals surface area contributed by atoms with Crippen LogP contribution < -0.4 is 10.1 Å². The Morgan fingerprint density at radius 3 is 2.94 bits per heavy atom. The molecule has 0 amide bonds. The molecule has 0 radical (unpaired) electrons. The van der Waals surface area contributed by atoms with Crippen molar-refractivity contribution in [1.29, 1.82) is 0 Å². The Balaban J connectivity index is 1.99. The Morgan fingerprint density at radius 2 is 2.22 bits per heavy atom. The average molecular weight is 270 g/mol. The second kappa shape index (κ2) is 6.61. The van der Waals surface area contributed by atoms with Crippen LogP contribution in [0.5, 0.6) is 5.75 Å². The third-order valence-corrected chi connectivity index (χ3v) is 3.35. The summed E-state index contributed by atoms with van der Waals surface area (Å²) in [4.78, 5) is 10.5. The molecular weight excluding hydrogens is 254 g/mol. The number of anilines is 1. The average Bonchev–Trinajstić information content (AvgIpc) is 2.41. The van der Waals surface area contributed by atoms with E-state index in [2.05, 4.69) is 5.32 Å². The molecule has 1 fully saturated rings. The normalized spacial score (nSPS) is 16.3. The number of ether oxygens (including phenoxy) is 2.